The zero-order valence-electron chi connectivity index (χ0n) is 18.8. The smallest absolute Gasteiger partial charge is 0.263 e. The van der Waals surface area contributed by atoms with Crippen LogP contribution in [0.5, 0.6) is 5.75 Å². The number of thiophene rings is 1. The van der Waals surface area contributed by atoms with Crippen LogP contribution in [0.2, 0.25) is 0 Å². The van der Waals surface area contributed by atoms with E-state index in [2.05, 4.69) is 54.8 Å². The average molecular weight is 446 g/mol. The molecule has 0 saturated carbocycles. The Morgan fingerprint density at radius 2 is 2.06 bits per heavy atom. The van der Waals surface area contributed by atoms with Gasteiger partial charge in [-0.25, -0.2) is 4.98 Å². The van der Waals surface area contributed by atoms with Crippen LogP contribution in [0.1, 0.15) is 48.3 Å². The van der Waals surface area contributed by atoms with Gasteiger partial charge in [-0.1, -0.05) is 13.8 Å². The number of rotatable bonds is 4. The maximum absolute atomic E-state index is 12.7. The topological polar surface area (TPSA) is 63.2 Å². The highest BCUT2D eigenvalue weighted by Gasteiger charge is 2.24. The summed E-state index contributed by atoms with van der Waals surface area (Å²) in [5.74, 6) is 1.29. The third kappa shape index (κ3) is 3.48. The predicted octanol–water partition coefficient (Wildman–Crippen LogP) is 6.18. The first-order valence-corrected chi connectivity index (χ1v) is 11.9. The fourth-order valence-electron chi connectivity index (χ4n) is 4.29. The van der Waals surface area contributed by atoms with E-state index in [9.17, 15) is 4.79 Å². The van der Waals surface area contributed by atoms with Crippen molar-refractivity contribution >= 4 is 43.9 Å². The van der Waals surface area contributed by atoms with Crippen molar-refractivity contribution in [3.63, 3.8) is 0 Å². The van der Waals surface area contributed by atoms with Crippen LogP contribution in [0.15, 0.2) is 42.5 Å². The summed E-state index contributed by atoms with van der Waals surface area (Å²) in [5.41, 5.74) is 5.07. The number of methoxy groups -OCH3 is 1. The monoisotopic (exact) mass is 445 g/mol. The van der Waals surface area contributed by atoms with E-state index in [-0.39, 0.29) is 11.9 Å². The highest BCUT2D eigenvalue weighted by molar-refractivity contribution is 7.21. The molecule has 1 unspecified atom stereocenters. The number of pyridine rings is 1. The molecule has 0 spiro atoms. The molecule has 1 amide bonds. The quantitative estimate of drug-likeness (QED) is 0.394. The Balaban J connectivity index is 1.66. The van der Waals surface area contributed by atoms with Gasteiger partial charge in [-0.3, -0.25) is 4.79 Å². The average Bonchev–Trinajstić information content (AvgIpc) is 3.14. The summed E-state index contributed by atoms with van der Waals surface area (Å²) in [4.78, 5) is 18.4. The molecule has 0 radical (unpaired) electrons. The minimum Gasteiger partial charge on any atom is -0.497 e. The SMILES string of the molecule is CCC(C)c1cc(OC)cc(-c2ccc3c(ccc4sc5c(c43)NC[C@@H](C)NC5=O)n2)c1. The number of aromatic nitrogens is 1. The molecule has 0 bridgehead atoms. The second-order valence-corrected chi connectivity index (χ2v) is 9.62. The standard InChI is InChI=1S/C26H27N3O2S/c1-5-14(2)16-10-17(12-18(11-16)31-4)20-7-6-19-21(29-20)8-9-22-23(19)24-25(32-22)26(30)28-15(3)13-27-24/h6-12,14-15,27H,5,13H2,1-4H3,(H,28,30)/t14?,15-/m1/s1. The summed E-state index contributed by atoms with van der Waals surface area (Å²) in [7, 11) is 1.70. The van der Waals surface area contributed by atoms with Gasteiger partial charge in [-0.15, -0.1) is 11.3 Å². The van der Waals surface area contributed by atoms with Gasteiger partial charge in [-0.05, 0) is 67.3 Å². The Hall–Kier alpha value is -3.12. The van der Waals surface area contributed by atoms with Crippen LogP contribution in [-0.4, -0.2) is 30.6 Å². The number of carbonyl (C=O) groups is 1. The van der Waals surface area contributed by atoms with Gasteiger partial charge in [0.15, 0.2) is 0 Å². The van der Waals surface area contributed by atoms with Gasteiger partial charge in [0, 0.05) is 33.6 Å². The third-order valence-corrected chi connectivity index (χ3v) is 7.49. The Bertz CT molecular complexity index is 1340. The van der Waals surface area contributed by atoms with Crippen LogP contribution in [0.25, 0.3) is 32.2 Å². The van der Waals surface area contributed by atoms with Crippen LogP contribution in [0.3, 0.4) is 0 Å². The molecule has 5 nitrogen and oxygen atoms in total. The molecule has 164 valence electrons. The van der Waals surface area contributed by atoms with E-state index >= 15 is 0 Å². The Morgan fingerprint density at radius 3 is 2.84 bits per heavy atom. The van der Waals surface area contributed by atoms with Crippen LogP contribution in [-0.2, 0) is 0 Å². The van der Waals surface area contributed by atoms with Crippen molar-refractivity contribution in [2.75, 3.05) is 19.0 Å². The van der Waals surface area contributed by atoms with Crippen LogP contribution < -0.4 is 15.4 Å². The summed E-state index contributed by atoms with van der Waals surface area (Å²) in [6, 6.07) is 14.8. The molecule has 2 aromatic heterocycles. The van der Waals surface area contributed by atoms with E-state index in [1.165, 1.54) is 16.9 Å². The molecule has 4 aromatic rings. The van der Waals surface area contributed by atoms with Crippen molar-refractivity contribution in [1.29, 1.82) is 0 Å². The van der Waals surface area contributed by atoms with Crippen molar-refractivity contribution in [3.8, 4) is 17.0 Å². The van der Waals surface area contributed by atoms with E-state index in [4.69, 9.17) is 9.72 Å². The van der Waals surface area contributed by atoms with Gasteiger partial charge >= 0.3 is 0 Å². The lowest BCUT2D eigenvalue weighted by Crippen LogP contribution is -2.34. The molecule has 0 saturated heterocycles. The molecule has 6 heteroatoms. The van der Waals surface area contributed by atoms with Crippen LogP contribution in [0, 0.1) is 0 Å². The van der Waals surface area contributed by atoms with Crippen LogP contribution >= 0.6 is 11.3 Å². The number of anilines is 1. The molecule has 2 N–H and O–H groups in total. The predicted molar refractivity (Wildman–Crippen MR) is 133 cm³/mol. The van der Waals surface area contributed by atoms with Crippen molar-refractivity contribution in [2.45, 2.75) is 39.2 Å². The lowest BCUT2D eigenvalue weighted by Gasteiger charge is -2.14. The first kappa shape index (κ1) is 20.8. The van der Waals surface area contributed by atoms with Gasteiger partial charge in [0.1, 0.15) is 10.6 Å². The highest BCUT2D eigenvalue weighted by atomic mass is 32.1. The number of fused-ring (bicyclic) bond motifs is 5. The number of hydrogen-bond acceptors (Lipinski definition) is 5. The zero-order chi connectivity index (χ0) is 22.4. The maximum atomic E-state index is 12.7. The van der Waals surface area contributed by atoms with Crippen molar-refractivity contribution < 1.29 is 9.53 Å². The van der Waals surface area contributed by atoms with Crippen molar-refractivity contribution in [2.24, 2.45) is 0 Å². The van der Waals surface area contributed by atoms with E-state index in [0.29, 0.717) is 12.5 Å². The zero-order valence-corrected chi connectivity index (χ0v) is 19.6. The number of nitrogens with zero attached hydrogens (tertiary/aromatic N) is 1. The number of benzene rings is 2. The van der Waals surface area contributed by atoms with Crippen molar-refractivity contribution in [3.05, 3.63) is 52.9 Å². The lowest BCUT2D eigenvalue weighted by molar-refractivity contribution is 0.0949. The van der Waals surface area contributed by atoms with E-state index in [0.717, 1.165) is 55.0 Å². The molecule has 1 aliphatic rings. The minimum atomic E-state index is -0.00890. The number of amides is 1. The highest BCUT2D eigenvalue weighted by Crippen LogP contribution is 2.41. The summed E-state index contributed by atoms with van der Waals surface area (Å²) >= 11 is 1.53. The second kappa shape index (κ2) is 8.10. The third-order valence-electron chi connectivity index (χ3n) is 6.33. The van der Waals surface area contributed by atoms with Gasteiger partial charge in [0.25, 0.3) is 5.91 Å². The molecular weight excluding hydrogens is 418 g/mol. The van der Waals surface area contributed by atoms with Gasteiger partial charge in [-0.2, -0.15) is 0 Å². The van der Waals surface area contributed by atoms with Gasteiger partial charge in [0.05, 0.1) is 24.0 Å². The Labute approximate surface area is 191 Å². The first-order valence-electron chi connectivity index (χ1n) is 11.1. The van der Waals surface area contributed by atoms with E-state index in [1.807, 2.05) is 19.1 Å². The molecule has 32 heavy (non-hydrogen) atoms. The number of ether oxygens (including phenoxy) is 1. The molecule has 2 atom stereocenters. The minimum absolute atomic E-state index is 0.00890. The van der Waals surface area contributed by atoms with Gasteiger partial charge < -0.3 is 15.4 Å². The van der Waals surface area contributed by atoms with E-state index in [1.54, 1.807) is 7.11 Å². The first-order chi connectivity index (χ1) is 15.5. The van der Waals surface area contributed by atoms with E-state index < -0.39 is 0 Å². The Morgan fingerprint density at radius 1 is 1.22 bits per heavy atom. The molecule has 2 aromatic carbocycles. The van der Waals surface area contributed by atoms with Gasteiger partial charge in [0.2, 0.25) is 0 Å². The number of nitrogens with one attached hydrogen (secondary N) is 2. The summed E-state index contributed by atoms with van der Waals surface area (Å²) in [6.45, 7) is 7.14. The molecule has 5 rings (SSSR count). The fraction of sp³-hybridized carbons (Fsp3) is 0.308. The molecule has 1 aliphatic heterocycles. The lowest BCUT2D eigenvalue weighted by atomic mass is 9.95. The molecule has 3 heterocycles. The molecule has 0 aliphatic carbocycles. The summed E-state index contributed by atoms with van der Waals surface area (Å²) < 4.78 is 6.66. The molecule has 0 fully saturated rings. The second-order valence-electron chi connectivity index (χ2n) is 8.57. The summed E-state index contributed by atoms with van der Waals surface area (Å²) in [5, 5.41) is 8.68. The number of carbonyl (C=O) groups excluding carboxylic acids is 1. The fourth-order valence-corrected chi connectivity index (χ4v) is 5.39. The Kier molecular flexibility index (Phi) is 5.25. The number of hydrogen-bond donors (Lipinski definition) is 2. The maximum Gasteiger partial charge on any atom is 0.263 e. The largest absolute Gasteiger partial charge is 0.497 e. The summed E-state index contributed by atoms with van der Waals surface area (Å²) in [6.07, 6.45) is 1.07. The normalized spacial score (nSPS) is 16.9. The van der Waals surface area contributed by atoms with Crippen LogP contribution in [0.4, 0.5) is 5.69 Å². The molecular formula is C26H27N3O2S. The van der Waals surface area contributed by atoms with Crippen molar-refractivity contribution in [1.82, 2.24) is 10.3 Å².